The Morgan fingerprint density at radius 3 is 2.52 bits per heavy atom. The lowest BCUT2D eigenvalue weighted by molar-refractivity contribution is -0.121. The molecular weight excluding hydrogens is 323 g/mol. The average molecular weight is 344 g/mol. The summed E-state index contributed by atoms with van der Waals surface area (Å²) < 4.78 is 18.4. The number of nitrogens with zero attached hydrogens (tertiary/aromatic N) is 1. The highest BCUT2D eigenvalue weighted by Crippen LogP contribution is 2.45. The lowest BCUT2D eigenvalue weighted by atomic mass is 9.84. The van der Waals surface area contributed by atoms with Crippen LogP contribution in [0.3, 0.4) is 0 Å². The molecule has 0 saturated carbocycles. The SMILES string of the molecule is O=C(CN1[C@@H]2CC[C@@H]1CC(O)(c1ccco1)C2)Nc1ccc(F)cc1. The van der Waals surface area contributed by atoms with Crippen LogP contribution < -0.4 is 5.32 Å². The predicted octanol–water partition coefficient (Wildman–Crippen LogP) is 2.87. The zero-order valence-corrected chi connectivity index (χ0v) is 13.8. The van der Waals surface area contributed by atoms with Gasteiger partial charge in [-0.15, -0.1) is 0 Å². The minimum Gasteiger partial charge on any atom is -0.466 e. The molecule has 5 nitrogen and oxygen atoms in total. The molecule has 4 rings (SSSR count). The fraction of sp³-hybridized carbons (Fsp3) is 0.421. The van der Waals surface area contributed by atoms with Crippen molar-refractivity contribution in [1.82, 2.24) is 4.90 Å². The van der Waals surface area contributed by atoms with Crippen LogP contribution in [0.25, 0.3) is 0 Å². The van der Waals surface area contributed by atoms with Crippen LogP contribution in [-0.4, -0.2) is 34.5 Å². The molecule has 0 radical (unpaired) electrons. The fourth-order valence-corrected chi connectivity index (χ4v) is 4.22. The first kappa shape index (κ1) is 16.3. The number of hydrogen-bond donors (Lipinski definition) is 2. The highest BCUT2D eigenvalue weighted by molar-refractivity contribution is 5.92. The second kappa shape index (κ2) is 6.28. The Morgan fingerprint density at radius 1 is 1.24 bits per heavy atom. The molecule has 0 aliphatic carbocycles. The van der Waals surface area contributed by atoms with E-state index in [0.29, 0.717) is 24.3 Å². The highest BCUT2D eigenvalue weighted by Gasteiger charge is 2.49. The number of halogens is 1. The number of hydrogen-bond acceptors (Lipinski definition) is 4. The van der Waals surface area contributed by atoms with Crippen LogP contribution in [-0.2, 0) is 10.4 Å². The van der Waals surface area contributed by atoms with Crippen molar-refractivity contribution in [2.45, 2.75) is 43.4 Å². The molecule has 0 spiro atoms. The molecule has 2 aliphatic heterocycles. The Labute approximate surface area is 145 Å². The van der Waals surface area contributed by atoms with Crippen molar-refractivity contribution >= 4 is 11.6 Å². The number of nitrogens with one attached hydrogen (secondary N) is 1. The molecule has 132 valence electrons. The Balaban J connectivity index is 1.41. The summed E-state index contributed by atoms with van der Waals surface area (Å²) in [6, 6.07) is 9.67. The van der Waals surface area contributed by atoms with E-state index in [1.807, 2.05) is 6.07 Å². The van der Waals surface area contributed by atoms with Crippen molar-refractivity contribution in [3.63, 3.8) is 0 Å². The van der Waals surface area contributed by atoms with E-state index in [4.69, 9.17) is 4.42 Å². The molecule has 2 saturated heterocycles. The number of anilines is 1. The van der Waals surface area contributed by atoms with Gasteiger partial charge < -0.3 is 14.8 Å². The normalized spacial score (nSPS) is 28.9. The number of rotatable bonds is 4. The molecule has 2 aliphatic rings. The Bertz CT molecular complexity index is 731. The van der Waals surface area contributed by atoms with E-state index in [0.717, 1.165) is 12.8 Å². The molecule has 2 bridgehead atoms. The van der Waals surface area contributed by atoms with Crippen molar-refractivity contribution in [1.29, 1.82) is 0 Å². The molecule has 2 N–H and O–H groups in total. The molecular formula is C19H21FN2O3. The lowest BCUT2D eigenvalue weighted by Crippen LogP contribution is -2.51. The minimum absolute atomic E-state index is 0.119. The van der Waals surface area contributed by atoms with Crippen LogP contribution in [0.5, 0.6) is 0 Å². The van der Waals surface area contributed by atoms with E-state index >= 15 is 0 Å². The number of carbonyl (C=O) groups is 1. The molecule has 1 amide bonds. The van der Waals surface area contributed by atoms with Crippen molar-refractivity contribution in [3.8, 4) is 0 Å². The number of furan rings is 1. The Morgan fingerprint density at radius 2 is 1.92 bits per heavy atom. The lowest BCUT2D eigenvalue weighted by Gasteiger charge is -2.42. The number of benzene rings is 1. The van der Waals surface area contributed by atoms with Crippen molar-refractivity contribution in [2.75, 3.05) is 11.9 Å². The zero-order chi connectivity index (χ0) is 17.4. The second-order valence-corrected chi connectivity index (χ2v) is 7.03. The van der Waals surface area contributed by atoms with Crippen LogP contribution in [0.4, 0.5) is 10.1 Å². The predicted molar refractivity (Wildman–Crippen MR) is 90.4 cm³/mol. The Kier molecular flexibility index (Phi) is 4.09. The van der Waals surface area contributed by atoms with E-state index in [1.165, 1.54) is 12.1 Å². The molecule has 0 unspecified atom stereocenters. The molecule has 2 aromatic rings. The molecule has 6 heteroatoms. The van der Waals surface area contributed by atoms with Gasteiger partial charge in [-0.3, -0.25) is 9.69 Å². The first-order chi connectivity index (χ1) is 12.0. The third-order valence-corrected chi connectivity index (χ3v) is 5.35. The molecule has 3 heterocycles. The summed E-state index contributed by atoms with van der Waals surface area (Å²) >= 11 is 0. The quantitative estimate of drug-likeness (QED) is 0.895. The summed E-state index contributed by atoms with van der Waals surface area (Å²) in [5, 5.41) is 13.8. The zero-order valence-electron chi connectivity index (χ0n) is 13.8. The van der Waals surface area contributed by atoms with Gasteiger partial charge in [0.05, 0.1) is 12.8 Å². The summed E-state index contributed by atoms with van der Waals surface area (Å²) in [5.41, 5.74) is -0.359. The van der Waals surface area contributed by atoms with Gasteiger partial charge in [0.15, 0.2) is 0 Å². The second-order valence-electron chi connectivity index (χ2n) is 7.03. The number of fused-ring (bicyclic) bond motifs is 2. The smallest absolute Gasteiger partial charge is 0.238 e. The van der Waals surface area contributed by atoms with E-state index in [-0.39, 0.29) is 30.4 Å². The molecule has 1 aromatic heterocycles. The van der Waals surface area contributed by atoms with Gasteiger partial charge in [-0.1, -0.05) is 0 Å². The van der Waals surface area contributed by atoms with Gasteiger partial charge in [-0.25, -0.2) is 4.39 Å². The third kappa shape index (κ3) is 3.19. The van der Waals surface area contributed by atoms with Crippen LogP contribution in [0.2, 0.25) is 0 Å². The van der Waals surface area contributed by atoms with Gasteiger partial charge in [0, 0.05) is 17.8 Å². The number of piperidine rings is 1. The highest BCUT2D eigenvalue weighted by atomic mass is 19.1. The summed E-state index contributed by atoms with van der Waals surface area (Å²) in [5.74, 6) is 0.163. The van der Waals surface area contributed by atoms with Crippen molar-refractivity contribution in [3.05, 3.63) is 54.2 Å². The Hall–Kier alpha value is -2.18. The van der Waals surface area contributed by atoms with Gasteiger partial charge in [0.1, 0.15) is 17.2 Å². The van der Waals surface area contributed by atoms with E-state index < -0.39 is 5.60 Å². The largest absolute Gasteiger partial charge is 0.466 e. The first-order valence-corrected chi connectivity index (χ1v) is 8.61. The minimum atomic E-state index is -0.945. The maximum Gasteiger partial charge on any atom is 0.238 e. The van der Waals surface area contributed by atoms with E-state index in [1.54, 1.807) is 24.5 Å². The molecule has 1 aromatic carbocycles. The molecule has 2 atom stereocenters. The maximum atomic E-state index is 12.9. The molecule has 25 heavy (non-hydrogen) atoms. The van der Waals surface area contributed by atoms with E-state index in [2.05, 4.69) is 10.2 Å². The molecule has 2 fully saturated rings. The van der Waals surface area contributed by atoms with Gasteiger partial charge >= 0.3 is 0 Å². The third-order valence-electron chi connectivity index (χ3n) is 5.35. The van der Waals surface area contributed by atoms with Crippen molar-refractivity contribution in [2.24, 2.45) is 0 Å². The van der Waals surface area contributed by atoms with E-state index in [9.17, 15) is 14.3 Å². The van der Waals surface area contributed by atoms with Crippen LogP contribution in [0, 0.1) is 5.82 Å². The maximum absolute atomic E-state index is 12.9. The standard InChI is InChI=1S/C19H21FN2O3/c20-13-3-5-14(6-4-13)21-18(23)12-22-15-7-8-16(22)11-19(24,10-15)17-2-1-9-25-17/h1-6,9,15-16,24H,7-8,10-12H2,(H,21,23)/t15-,16-/m1/s1. The van der Waals surface area contributed by atoms with Crippen LogP contribution in [0.15, 0.2) is 47.1 Å². The van der Waals surface area contributed by atoms with Gasteiger partial charge in [0.2, 0.25) is 5.91 Å². The van der Waals surface area contributed by atoms with Crippen LogP contribution >= 0.6 is 0 Å². The number of amides is 1. The number of carbonyl (C=O) groups excluding carboxylic acids is 1. The van der Waals surface area contributed by atoms with Crippen molar-refractivity contribution < 1.29 is 18.7 Å². The summed E-state index contributed by atoms with van der Waals surface area (Å²) in [4.78, 5) is 14.5. The van der Waals surface area contributed by atoms with Crippen LogP contribution in [0.1, 0.15) is 31.4 Å². The average Bonchev–Trinajstić information content (AvgIpc) is 3.19. The topological polar surface area (TPSA) is 65.7 Å². The fourth-order valence-electron chi connectivity index (χ4n) is 4.22. The van der Waals surface area contributed by atoms with Gasteiger partial charge in [-0.2, -0.15) is 0 Å². The van der Waals surface area contributed by atoms with Gasteiger partial charge in [-0.05, 0) is 62.1 Å². The van der Waals surface area contributed by atoms with Gasteiger partial charge in [0.25, 0.3) is 0 Å². The monoisotopic (exact) mass is 344 g/mol. The summed E-state index contributed by atoms with van der Waals surface area (Å²) in [7, 11) is 0. The number of aliphatic hydroxyl groups is 1. The summed E-state index contributed by atoms with van der Waals surface area (Å²) in [6.07, 6.45) is 4.66. The summed E-state index contributed by atoms with van der Waals surface area (Å²) in [6.45, 7) is 0.279. The first-order valence-electron chi connectivity index (χ1n) is 8.61.